The van der Waals surface area contributed by atoms with E-state index < -0.39 is 0 Å². The zero-order chi connectivity index (χ0) is 24.4. The molecule has 1 aliphatic rings. The molecule has 0 spiro atoms. The largest absolute Gasteiger partial charge is 0.495 e. The van der Waals surface area contributed by atoms with Crippen LogP contribution in [0.1, 0.15) is 33.8 Å². The highest BCUT2D eigenvalue weighted by Crippen LogP contribution is 2.44. The quantitative estimate of drug-likeness (QED) is 0.310. The number of rotatable bonds is 6. The fraction of sp³-hybridized carbons (Fsp3) is 0.148. The van der Waals surface area contributed by atoms with E-state index in [1.165, 1.54) is 7.11 Å². The summed E-state index contributed by atoms with van der Waals surface area (Å²) in [6, 6.07) is 24.6. The molecule has 0 aliphatic carbocycles. The van der Waals surface area contributed by atoms with Gasteiger partial charge in [0.2, 0.25) is 0 Å². The van der Waals surface area contributed by atoms with E-state index in [4.69, 9.17) is 21.7 Å². The van der Waals surface area contributed by atoms with Crippen molar-refractivity contribution >= 4 is 29.0 Å². The lowest BCUT2D eigenvalue weighted by molar-refractivity contribution is 0.0600. The summed E-state index contributed by atoms with van der Waals surface area (Å²) in [5.74, 6) is 0.334. The van der Waals surface area contributed by atoms with Gasteiger partial charge in [-0.3, -0.25) is 4.98 Å². The summed E-state index contributed by atoms with van der Waals surface area (Å²) < 4.78 is 12.7. The maximum absolute atomic E-state index is 12.2. The number of carbonyl (C=O) groups excluding carboxylic acids is 1. The molecule has 2 aromatic carbocycles. The van der Waals surface area contributed by atoms with Gasteiger partial charge in [-0.25, -0.2) is 4.79 Å². The Hall–Kier alpha value is -4.17. The third-order valence-electron chi connectivity index (χ3n) is 6.07. The molecule has 8 heteroatoms. The van der Waals surface area contributed by atoms with Crippen molar-refractivity contribution in [2.45, 2.75) is 12.1 Å². The number of esters is 1. The van der Waals surface area contributed by atoms with Crippen molar-refractivity contribution in [2.24, 2.45) is 0 Å². The fourth-order valence-electron chi connectivity index (χ4n) is 4.51. The van der Waals surface area contributed by atoms with E-state index >= 15 is 0 Å². The molecule has 1 aliphatic heterocycles. The minimum absolute atomic E-state index is 0.217. The van der Waals surface area contributed by atoms with Crippen LogP contribution in [-0.4, -0.2) is 34.9 Å². The van der Waals surface area contributed by atoms with Gasteiger partial charge in [0.15, 0.2) is 5.11 Å². The Kier molecular flexibility index (Phi) is 6.20. The predicted molar refractivity (Wildman–Crippen MR) is 138 cm³/mol. The third kappa shape index (κ3) is 4.13. The van der Waals surface area contributed by atoms with Gasteiger partial charge in [-0.15, -0.1) is 0 Å². The van der Waals surface area contributed by atoms with Gasteiger partial charge in [-0.1, -0.05) is 24.3 Å². The lowest BCUT2D eigenvalue weighted by atomic mass is 10.0. The van der Waals surface area contributed by atoms with Gasteiger partial charge in [-0.2, -0.15) is 0 Å². The molecule has 0 radical (unpaired) electrons. The van der Waals surface area contributed by atoms with Crippen LogP contribution >= 0.6 is 12.2 Å². The van der Waals surface area contributed by atoms with E-state index in [9.17, 15) is 4.79 Å². The van der Waals surface area contributed by atoms with Gasteiger partial charge < -0.3 is 24.3 Å². The number of thiocarbonyl (C=S) groups is 1. The van der Waals surface area contributed by atoms with Crippen molar-refractivity contribution in [2.75, 3.05) is 19.1 Å². The number of pyridine rings is 1. The third-order valence-corrected chi connectivity index (χ3v) is 6.39. The lowest BCUT2D eigenvalue weighted by Crippen LogP contribution is -2.30. The maximum atomic E-state index is 12.2. The zero-order valence-electron chi connectivity index (χ0n) is 19.3. The Bertz CT molecular complexity index is 1370. The van der Waals surface area contributed by atoms with Gasteiger partial charge in [-0.05, 0) is 66.8 Å². The van der Waals surface area contributed by atoms with E-state index in [0.717, 1.165) is 22.8 Å². The monoisotopic (exact) mass is 484 g/mol. The van der Waals surface area contributed by atoms with Crippen molar-refractivity contribution in [1.82, 2.24) is 14.9 Å². The van der Waals surface area contributed by atoms with Crippen LogP contribution < -0.4 is 15.0 Å². The van der Waals surface area contributed by atoms with Crippen molar-refractivity contribution in [3.8, 4) is 11.4 Å². The SMILES string of the molecule is COC(=O)c1cccc(-n2cccc2C2C(c3ccccn3)NC(=S)N2c2ccccc2OC)c1. The lowest BCUT2D eigenvalue weighted by Gasteiger charge is -2.30. The molecule has 4 aromatic rings. The second-order valence-corrected chi connectivity index (χ2v) is 8.40. The molecule has 2 aromatic heterocycles. The van der Waals surface area contributed by atoms with Crippen molar-refractivity contribution < 1.29 is 14.3 Å². The minimum Gasteiger partial charge on any atom is -0.495 e. The highest BCUT2D eigenvalue weighted by molar-refractivity contribution is 7.80. The summed E-state index contributed by atoms with van der Waals surface area (Å²) in [7, 11) is 3.03. The van der Waals surface area contributed by atoms with Crippen LogP contribution in [0.25, 0.3) is 5.69 Å². The van der Waals surface area contributed by atoms with E-state index in [0.29, 0.717) is 16.4 Å². The number of benzene rings is 2. The Morgan fingerprint density at radius 1 is 1.00 bits per heavy atom. The second kappa shape index (κ2) is 9.60. The van der Waals surface area contributed by atoms with Crippen LogP contribution in [0.2, 0.25) is 0 Å². The van der Waals surface area contributed by atoms with Crippen LogP contribution in [0, 0.1) is 0 Å². The molecule has 5 rings (SSSR count). The number of aromatic nitrogens is 2. The highest BCUT2D eigenvalue weighted by Gasteiger charge is 2.43. The number of nitrogens with zero attached hydrogens (tertiary/aromatic N) is 3. The van der Waals surface area contributed by atoms with E-state index in [1.807, 2.05) is 72.9 Å². The molecule has 1 saturated heterocycles. The normalized spacial score (nSPS) is 17.2. The average molecular weight is 485 g/mol. The van der Waals surface area contributed by atoms with Gasteiger partial charge in [0.1, 0.15) is 11.8 Å². The molecule has 0 saturated carbocycles. The molecule has 0 bridgehead atoms. The topological polar surface area (TPSA) is 68.6 Å². The first-order chi connectivity index (χ1) is 17.1. The summed E-state index contributed by atoms with van der Waals surface area (Å²) >= 11 is 5.85. The van der Waals surface area contributed by atoms with Crippen molar-refractivity contribution in [1.29, 1.82) is 0 Å². The van der Waals surface area contributed by atoms with Gasteiger partial charge in [0.05, 0.1) is 37.2 Å². The predicted octanol–water partition coefficient (Wildman–Crippen LogP) is 4.84. The first-order valence-corrected chi connectivity index (χ1v) is 11.5. The number of ether oxygens (including phenoxy) is 2. The van der Waals surface area contributed by atoms with Gasteiger partial charge >= 0.3 is 5.97 Å². The minimum atomic E-state index is -0.383. The van der Waals surface area contributed by atoms with E-state index in [2.05, 4.69) is 25.8 Å². The molecule has 0 amide bonds. The molecule has 2 atom stereocenters. The van der Waals surface area contributed by atoms with Crippen LogP contribution in [0.4, 0.5) is 5.69 Å². The highest BCUT2D eigenvalue weighted by atomic mass is 32.1. The number of hydrogen-bond donors (Lipinski definition) is 1. The molecular weight excluding hydrogens is 460 g/mol. The summed E-state index contributed by atoms with van der Waals surface area (Å²) in [6.45, 7) is 0. The molecule has 7 nitrogen and oxygen atoms in total. The molecule has 35 heavy (non-hydrogen) atoms. The number of para-hydroxylation sites is 2. The number of hydrogen-bond acceptors (Lipinski definition) is 5. The Morgan fingerprint density at radius 3 is 2.60 bits per heavy atom. The molecule has 2 unspecified atom stereocenters. The molecule has 3 heterocycles. The second-order valence-electron chi connectivity index (χ2n) is 8.01. The van der Waals surface area contributed by atoms with Crippen molar-refractivity contribution in [3.05, 3.63) is 108 Å². The van der Waals surface area contributed by atoms with Gasteiger partial charge in [0, 0.05) is 23.8 Å². The fourth-order valence-corrected chi connectivity index (χ4v) is 4.85. The Morgan fingerprint density at radius 2 is 1.83 bits per heavy atom. The van der Waals surface area contributed by atoms with Crippen molar-refractivity contribution in [3.63, 3.8) is 0 Å². The van der Waals surface area contributed by atoms with Crippen LogP contribution in [-0.2, 0) is 4.74 Å². The Labute approximate surface area is 208 Å². The summed E-state index contributed by atoms with van der Waals surface area (Å²) in [5.41, 5.74) is 4.01. The first kappa shape index (κ1) is 22.6. The van der Waals surface area contributed by atoms with E-state index in [1.54, 1.807) is 19.4 Å². The average Bonchev–Trinajstić information content (AvgIpc) is 3.53. The van der Waals surface area contributed by atoms with Gasteiger partial charge in [0.25, 0.3) is 0 Å². The summed E-state index contributed by atoms with van der Waals surface area (Å²) in [6.07, 6.45) is 3.75. The Balaban J connectivity index is 1.67. The van der Waals surface area contributed by atoms with Crippen LogP contribution in [0.5, 0.6) is 5.75 Å². The molecule has 1 N–H and O–H groups in total. The smallest absolute Gasteiger partial charge is 0.337 e. The molecular formula is C27H24N4O3S. The number of carbonyl (C=O) groups is 1. The summed E-state index contributed by atoms with van der Waals surface area (Å²) in [5, 5.41) is 4.05. The maximum Gasteiger partial charge on any atom is 0.337 e. The number of anilines is 1. The van der Waals surface area contributed by atoms with Crippen LogP contribution in [0.15, 0.2) is 91.3 Å². The number of nitrogens with one attached hydrogen (secondary N) is 1. The van der Waals surface area contributed by atoms with E-state index in [-0.39, 0.29) is 18.1 Å². The number of methoxy groups -OCH3 is 2. The zero-order valence-corrected chi connectivity index (χ0v) is 20.1. The first-order valence-electron chi connectivity index (χ1n) is 11.1. The molecule has 1 fully saturated rings. The molecule has 176 valence electrons. The standard InChI is InChI=1S/C27H24N4O3S/c1-33-23-14-4-3-12-21(23)31-25(24(29-27(31)35)20-11-5-6-15-28-20)22-13-8-16-30(22)19-10-7-9-18(17-19)26(32)34-2/h3-17,24-25H,1-2H3,(H,29,35). The van der Waals surface area contributed by atoms with Crippen LogP contribution in [0.3, 0.4) is 0 Å². The summed E-state index contributed by atoms with van der Waals surface area (Å²) in [4.78, 5) is 18.9.